The molecule has 4 heterocycles. The number of aryl methyl sites for hydroxylation is 1. The molecule has 10 nitrogen and oxygen atoms in total. The first kappa shape index (κ1) is 24.9. The molecule has 0 spiro atoms. The zero-order chi connectivity index (χ0) is 27.3. The molecule has 0 saturated carbocycles. The normalized spacial score (nSPS) is 15.9. The third kappa shape index (κ3) is 4.56. The average Bonchev–Trinajstić information content (AvgIpc) is 3.26. The van der Waals surface area contributed by atoms with Crippen LogP contribution in [0.5, 0.6) is 0 Å². The second-order valence-corrected chi connectivity index (χ2v) is 9.86. The number of hydrogen-bond acceptors (Lipinski definition) is 8. The van der Waals surface area contributed by atoms with E-state index in [4.69, 9.17) is 11.5 Å². The Hall–Kier alpha value is -4.45. The van der Waals surface area contributed by atoms with Crippen LogP contribution in [-0.2, 0) is 13.1 Å². The van der Waals surface area contributed by atoms with Crippen molar-refractivity contribution in [2.45, 2.75) is 38.9 Å². The molecule has 3 aromatic heterocycles. The molecule has 1 atom stereocenters. The van der Waals surface area contributed by atoms with Crippen LogP contribution in [0.4, 0.5) is 20.7 Å². The van der Waals surface area contributed by atoms with Gasteiger partial charge in [0, 0.05) is 35.8 Å². The second-order valence-electron chi connectivity index (χ2n) is 9.86. The fourth-order valence-electron chi connectivity index (χ4n) is 5.20. The van der Waals surface area contributed by atoms with Gasteiger partial charge in [-0.1, -0.05) is 18.2 Å². The SMILES string of the molecule is Cc1nc(Cn2c(N)nc3nc(N4CCC[C@@H](N)C4)n(Cc4cc(F)ccc4F)c3c2=O)nc2ccccc12. The summed E-state index contributed by atoms with van der Waals surface area (Å²) in [7, 11) is 0. The van der Waals surface area contributed by atoms with Crippen LogP contribution in [-0.4, -0.2) is 48.2 Å². The highest BCUT2D eigenvalue weighted by Gasteiger charge is 2.26. The Morgan fingerprint density at radius 2 is 1.85 bits per heavy atom. The maximum Gasteiger partial charge on any atom is 0.281 e. The molecule has 6 rings (SSSR count). The van der Waals surface area contributed by atoms with Gasteiger partial charge in [-0.25, -0.2) is 18.7 Å². The summed E-state index contributed by atoms with van der Waals surface area (Å²) in [5.41, 5.74) is 13.8. The van der Waals surface area contributed by atoms with Gasteiger partial charge in [0.25, 0.3) is 5.56 Å². The molecule has 4 N–H and O–H groups in total. The van der Waals surface area contributed by atoms with E-state index in [2.05, 4.69) is 19.9 Å². The third-order valence-electron chi connectivity index (χ3n) is 7.09. The van der Waals surface area contributed by atoms with Crippen molar-refractivity contribution >= 4 is 34.0 Å². The van der Waals surface area contributed by atoms with Gasteiger partial charge in [0.1, 0.15) is 17.5 Å². The van der Waals surface area contributed by atoms with Gasteiger partial charge in [-0.15, -0.1) is 0 Å². The predicted octanol–water partition coefficient (Wildman–Crippen LogP) is 2.73. The number of halogens is 2. The smallest absolute Gasteiger partial charge is 0.281 e. The van der Waals surface area contributed by atoms with E-state index < -0.39 is 17.2 Å². The maximum absolute atomic E-state index is 14.7. The number of benzene rings is 2. The molecule has 2 aromatic carbocycles. The Morgan fingerprint density at radius 3 is 2.67 bits per heavy atom. The number of imidazole rings is 1. The summed E-state index contributed by atoms with van der Waals surface area (Å²) in [5.74, 6) is -0.427. The van der Waals surface area contributed by atoms with Crippen molar-refractivity contribution in [3.63, 3.8) is 0 Å². The highest BCUT2D eigenvalue weighted by Crippen LogP contribution is 2.26. The van der Waals surface area contributed by atoms with Gasteiger partial charge in [0.15, 0.2) is 11.2 Å². The van der Waals surface area contributed by atoms with Gasteiger partial charge in [-0.2, -0.15) is 9.97 Å². The summed E-state index contributed by atoms with van der Waals surface area (Å²) in [6, 6.07) is 10.7. The van der Waals surface area contributed by atoms with Crippen LogP contribution in [0.3, 0.4) is 0 Å². The number of para-hydroxylation sites is 1. The molecule has 200 valence electrons. The van der Waals surface area contributed by atoms with Crippen LogP contribution in [0.2, 0.25) is 0 Å². The highest BCUT2D eigenvalue weighted by molar-refractivity contribution is 5.80. The monoisotopic (exact) mass is 531 g/mol. The molecule has 0 unspecified atom stereocenters. The van der Waals surface area contributed by atoms with Gasteiger partial charge in [0.2, 0.25) is 11.9 Å². The van der Waals surface area contributed by atoms with Crippen molar-refractivity contribution in [1.29, 1.82) is 0 Å². The Kier molecular flexibility index (Phi) is 6.18. The standard InChI is InChI=1S/C27H27F2N9O/c1-15-19-6-2-3-7-21(19)33-22(32-15)14-38-25(39)23-24(34-26(38)31)35-27(36-10-4-5-18(30)13-36)37(23)12-16-11-17(28)8-9-20(16)29/h2-3,6-9,11,18H,4-5,10,12-14,30H2,1H3,(H2,31,34)/t18-/m1/s1. The molecule has 0 amide bonds. The van der Waals surface area contributed by atoms with E-state index >= 15 is 0 Å². The molecule has 1 aliphatic heterocycles. The maximum atomic E-state index is 14.7. The summed E-state index contributed by atoms with van der Waals surface area (Å²) >= 11 is 0. The van der Waals surface area contributed by atoms with Crippen molar-refractivity contribution in [1.82, 2.24) is 29.1 Å². The Labute approximate surface area is 221 Å². The molecule has 1 saturated heterocycles. The van der Waals surface area contributed by atoms with E-state index in [0.29, 0.717) is 24.9 Å². The van der Waals surface area contributed by atoms with Crippen molar-refractivity contribution in [2.75, 3.05) is 23.7 Å². The van der Waals surface area contributed by atoms with E-state index in [-0.39, 0.29) is 41.8 Å². The number of nitrogens with two attached hydrogens (primary N) is 2. The lowest BCUT2D eigenvalue weighted by molar-refractivity contribution is 0.494. The molecule has 1 fully saturated rings. The van der Waals surface area contributed by atoms with Crippen LogP contribution in [0.1, 0.15) is 29.9 Å². The first-order chi connectivity index (χ1) is 18.8. The lowest BCUT2D eigenvalue weighted by Crippen LogP contribution is -2.44. The first-order valence-corrected chi connectivity index (χ1v) is 12.7. The summed E-state index contributed by atoms with van der Waals surface area (Å²) < 4.78 is 31.6. The summed E-state index contributed by atoms with van der Waals surface area (Å²) in [5, 5.41) is 0.912. The zero-order valence-electron chi connectivity index (χ0n) is 21.3. The molecule has 1 aliphatic rings. The van der Waals surface area contributed by atoms with Crippen LogP contribution < -0.4 is 21.9 Å². The number of piperidine rings is 1. The molecule has 5 aromatic rings. The topological polar surface area (TPSA) is 134 Å². The second kappa shape index (κ2) is 9.70. The fraction of sp³-hybridized carbons (Fsp3) is 0.296. The molecular weight excluding hydrogens is 504 g/mol. The minimum atomic E-state index is -0.594. The van der Waals surface area contributed by atoms with Gasteiger partial charge in [-0.3, -0.25) is 13.9 Å². The number of aromatic nitrogens is 6. The van der Waals surface area contributed by atoms with Gasteiger partial charge >= 0.3 is 0 Å². The quantitative estimate of drug-likeness (QED) is 0.354. The van der Waals surface area contributed by atoms with E-state index in [1.807, 2.05) is 36.1 Å². The molecule has 39 heavy (non-hydrogen) atoms. The minimum absolute atomic E-state index is 0.0251. The minimum Gasteiger partial charge on any atom is -0.369 e. The summed E-state index contributed by atoms with van der Waals surface area (Å²) in [6.45, 7) is 2.87. The molecule has 0 aliphatic carbocycles. The van der Waals surface area contributed by atoms with Crippen molar-refractivity contribution in [3.8, 4) is 0 Å². The number of nitrogen functional groups attached to an aromatic ring is 1. The van der Waals surface area contributed by atoms with E-state index in [1.54, 1.807) is 4.57 Å². The van der Waals surface area contributed by atoms with Gasteiger partial charge in [0.05, 0.1) is 18.6 Å². The van der Waals surface area contributed by atoms with Crippen LogP contribution >= 0.6 is 0 Å². The largest absolute Gasteiger partial charge is 0.369 e. The lowest BCUT2D eigenvalue weighted by atomic mass is 10.1. The Bertz CT molecular complexity index is 1780. The molecular formula is C27H27F2N9O. The number of hydrogen-bond donors (Lipinski definition) is 2. The molecule has 0 radical (unpaired) electrons. The number of nitrogens with zero attached hydrogens (tertiary/aromatic N) is 7. The van der Waals surface area contributed by atoms with Crippen molar-refractivity contribution in [3.05, 3.63) is 81.5 Å². The number of anilines is 2. The van der Waals surface area contributed by atoms with Crippen LogP contribution in [0.15, 0.2) is 47.3 Å². The Balaban J connectivity index is 1.51. The fourth-order valence-corrected chi connectivity index (χ4v) is 5.20. The lowest BCUT2D eigenvalue weighted by Gasteiger charge is -2.31. The predicted molar refractivity (Wildman–Crippen MR) is 144 cm³/mol. The number of rotatable bonds is 5. The third-order valence-corrected chi connectivity index (χ3v) is 7.09. The van der Waals surface area contributed by atoms with Gasteiger partial charge < -0.3 is 16.4 Å². The summed E-state index contributed by atoms with van der Waals surface area (Å²) in [6.07, 6.45) is 1.69. The molecule has 12 heteroatoms. The van der Waals surface area contributed by atoms with Crippen LogP contribution in [0.25, 0.3) is 22.1 Å². The van der Waals surface area contributed by atoms with Crippen LogP contribution in [0, 0.1) is 18.6 Å². The van der Waals surface area contributed by atoms with E-state index in [9.17, 15) is 13.6 Å². The summed E-state index contributed by atoms with van der Waals surface area (Å²) in [4.78, 5) is 34.1. The van der Waals surface area contributed by atoms with E-state index in [0.717, 1.165) is 47.6 Å². The van der Waals surface area contributed by atoms with E-state index in [1.165, 1.54) is 4.57 Å². The first-order valence-electron chi connectivity index (χ1n) is 12.7. The highest BCUT2D eigenvalue weighted by atomic mass is 19.1. The number of fused-ring (bicyclic) bond motifs is 2. The molecule has 0 bridgehead atoms. The van der Waals surface area contributed by atoms with Crippen molar-refractivity contribution < 1.29 is 8.78 Å². The van der Waals surface area contributed by atoms with Gasteiger partial charge in [-0.05, 0) is 44.0 Å². The Morgan fingerprint density at radius 1 is 1.03 bits per heavy atom. The van der Waals surface area contributed by atoms with Crippen molar-refractivity contribution in [2.24, 2.45) is 5.73 Å². The zero-order valence-corrected chi connectivity index (χ0v) is 21.3. The average molecular weight is 532 g/mol.